The first-order valence-electron chi connectivity index (χ1n) is 5.35. The van der Waals surface area contributed by atoms with Gasteiger partial charge in [0.2, 0.25) is 0 Å². The summed E-state index contributed by atoms with van der Waals surface area (Å²) in [6, 6.07) is 7.34. The summed E-state index contributed by atoms with van der Waals surface area (Å²) in [4.78, 5) is 11.6. The van der Waals surface area contributed by atoms with Crippen molar-refractivity contribution >= 4 is 28.5 Å². The van der Waals surface area contributed by atoms with Crippen molar-refractivity contribution in [3.8, 4) is 0 Å². The standard InChI is InChI=1S/C12H16INO2/c1-2-3-11(15)8-14-12(16)9-4-6-10(13)7-5-9/h4-7,11,15H,2-3,8H2,1H3,(H,14,16). The Morgan fingerprint density at radius 1 is 1.44 bits per heavy atom. The molecule has 1 amide bonds. The molecule has 0 aromatic heterocycles. The molecule has 1 aromatic carbocycles. The first-order valence-corrected chi connectivity index (χ1v) is 6.43. The van der Waals surface area contributed by atoms with Gasteiger partial charge >= 0.3 is 0 Å². The van der Waals surface area contributed by atoms with Crippen LogP contribution in [0.15, 0.2) is 24.3 Å². The number of aliphatic hydroxyl groups excluding tert-OH is 1. The summed E-state index contributed by atoms with van der Waals surface area (Å²) < 4.78 is 1.10. The number of rotatable bonds is 5. The SMILES string of the molecule is CCCC(O)CNC(=O)c1ccc(I)cc1. The minimum atomic E-state index is -0.446. The minimum Gasteiger partial charge on any atom is -0.391 e. The van der Waals surface area contributed by atoms with Crippen LogP contribution in [0.2, 0.25) is 0 Å². The molecule has 0 fully saturated rings. The van der Waals surface area contributed by atoms with Crippen LogP contribution >= 0.6 is 22.6 Å². The Labute approximate surface area is 109 Å². The van der Waals surface area contributed by atoms with Crippen LogP contribution in [0.3, 0.4) is 0 Å². The van der Waals surface area contributed by atoms with Crippen LogP contribution in [0, 0.1) is 3.57 Å². The molecule has 0 radical (unpaired) electrons. The molecule has 0 saturated carbocycles. The maximum atomic E-state index is 11.6. The molecule has 88 valence electrons. The molecule has 1 rings (SSSR count). The van der Waals surface area contributed by atoms with E-state index in [4.69, 9.17) is 0 Å². The molecule has 0 saturated heterocycles. The molecule has 0 aliphatic heterocycles. The first-order chi connectivity index (χ1) is 7.63. The third kappa shape index (κ3) is 4.49. The van der Waals surface area contributed by atoms with E-state index in [1.165, 1.54) is 0 Å². The fraction of sp³-hybridized carbons (Fsp3) is 0.417. The zero-order chi connectivity index (χ0) is 12.0. The Kier molecular flexibility index (Phi) is 5.76. The fourth-order valence-corrected chi connectivity index (χ4v) is 1.71. The van der Waals surface area contributed by atoms with Crippen LogP contribution < -0.4 is 5.32 Å². The second-order valence-corrected chi connectivity index (χ2v) is 4.91. The summed E-state index contributed by atoms with van der Waals surface area (Å²) in [7, 11) is 0. The van der Waals surface area contributed by atoms with Gasteiger partial charge in [0.1, 0.15) is 0 Å². The smallest absolute Gasteiger partial charge is 0.251 e. The lowest BCUT2D eigenvalue weighted by Crippen LogP contribution is -2.31. The lowest BCUT2D eigenvalue weighted by molar-refractivity contribution is 0.0910. The highest BCUT2D eigenvalue weighted by Crippen LogP contribution is 2.06. The van der Waals surface area contributed by atoms with E-state index in [0.717, 1.165) is 9.99 Å². The molecule has 0 spiro atoms. The molecule has 1 aromatic rings. The monoisotopic (exact) mass is 333 g/mol. The summed E-state index contributed by atoms with van der Waals surface area (Å²) in [5, 5.41) is 12.2. The van der Waals surface area contributed by atoms with E-state index in [1.807, 2.05) is 19.1 Å². The molecule has 4 heteroatoms. The van der Waals surface area contributed by atoms with E-state index < -0.39 is 6.10 Å². The lowest BCUT2D eigenvalue weighted by atomic mass is 10.2. The molecule has 0 heterocycles. The number of hydrogen-bond donors (Lipinski definition) is 2. The summed E-state index contributed by atoms with van der Waals surface area (Å²) >= 11 is 2.19. The second kappa shape index (κ2) is 6.85. The predicted octanol–water partition coefficient (Wildman–Crippen LogP) is 2.18. The number of hydrogen-bond acceptors (Lipinski definition) is 2. The average Bonchev–Trinajstić information content (AvgIpc) is 2.27. The predicted molar refractivity (Wildman–Crippen MR) is 72.4 cm³/mol. The van der Waals surface area contributed by atoms with Gasteiger partial charge in [-0.25, -0.2) is 0 Å². The largest absolute Gasteiger partial charge is 0.391 e. The van der Waals surface area contributed by atoms with Gasteiger partial charge in [0.25, 0.3) is 5.91 Å². The van der Waals surface area contributed by atoms with Gasteiger partial charge in [-0.15, -0.1) is 0 Å². The highest BCUT2D eigenvalue weighted by atomic mass is 127. The molecule has 16 heavy (non-hydrogen) atoms. The van der Waals surface area contributed by atoms with Crippen molar-refractivity contribution in [3.63, 3.8) is 0 Å². The molecule has 0 aliphatic rings. The van der Waals surface area contributed by atoms with Gasteiger partial charge < -0.3 is 10.4 Å². The van der Waals surface area contributed by atoms with Crippen molar-refractivity contribution in [2.75, 3.05) is 6.54 Å². The van der Waals surface area contributed by atoms with Crippen molar-refractivity contribution in [1.29, 1.82) is 0 Å². The number of benzene rings is 1. The maximum Gasteiger partial charge on any atom is 0.251 e. The van der Waals surface area contributed by atoms with Gasteiger partial charge in [-0.05, 0) is 53.3 Å². The third-order valence-electron chi connectivity index (χ3n) is 2.23. The molecule has 2 N–H and O–H groups in total. The van der Waals surface area contributed by atoms with E-state index in [-0.39, 0.29) is 5.91 Å². The van der Waals surface area contributed by atoms with Crippen LogP contribution in [-0.4, -0.2) is 23.7 Å². The van der Waals surface area contributed by atoms with Crippen molar-refractivity contribution in [1.82, 2.24) is 5.32 Å². The van der Waals surface area contributed by atoms with E-state index >= 15 is 0 Å². The van der Waals surface area contributed by atoms with Crippen molar-refractivity contribution in [2.45, 2.75) is 25.9 Å². The third-order valence-corrected chi connectivity index (χ3v) is 2.95. The highest BCUT2D eigenvalue weighted by Gasteiger charge is 2.07. The number of carbonyl (C=O) groups excluding carboxylic acids is 1. The van der Waals surface area contributed by atoms with E-state index in [2.05, 4.69) is 27.9 Å². The zero-order valence-electron chi connectivity index (χ0n) is 9.24. The van der Waals surface area contributed by atoms with Crippen LogP contribution in [0.25, 0.3) is 0 Å². The minimum absolute atomic E-state index is 0.133. The highest BCUT2D eigenvalue weighted by molar-refractivity contribution is 14.1. The van der Waals surface area contributed by atoms with Crippen LogP contribution in [0.1, 0.15) is 30.1 Å². The second-order valence-electron chi connectivity index (χ2n) is 3.66. The van der Waals surface area contributed by atoms with Gasteiger partial charge in [-0.2, -0.15) is 0 Å². The first kappa shape index (κ1) is 13.4. The number of halogens is 1. The molecule has 0 bridgehead atoms. The van der Waals surface area contributed by atoms with Crippen molar-refractivity contribution < 1.29 is 9.90 Å². The quantitative estimate of drug-likeness (QED) is 0.812. The Balaban J connectivity index is 2.43. The van der Waals surface area contributed by atoms with Crippen molar-refractivity contribution in [2.24, 2.45) is 0 Å². The zero-order valence-corrected chi connectivity index (χ0v) is 11.4. The normalized spacial score (nSPS) is 12.2. The van der Waals surface area contributed by atoms with Crippen LogP contribution in [-0.2, 0) is 0 Å². The van der Waals surface area contributed by atoms with Crippen LogP contribution in [0.4, 0.5) is 0 Å². The van der Waals surface area contributed by atoms with Gasteiger partial charge in [-0.1, -0.05) is 13.3 Å². The van der Waals surface area contributed by atoms with Gasteiger partial charge in [-0.3, -0.25) is 4.79 Å². The summed E-state index contributed by atoms with van der Waals surface area (Å²) in [5.74, 6) is -0.133. The molecular weight excluding hydrogens is 317 g/mol. The van der Waals surface area contributed by atoms with E-state index in [9.17, 15) is 9.90 Å². The average molecular weight is 333 g/mol. The van der Waals surface area contributed by atoms with Gasteiger partial charge in [0, 0.05) is 15.7 Å². The van der Waals surface area contributed by atoms with Gasteiger partial charge in [0.15, 0.2) is 0 Å². The number of aliphatic hydroxyl groups is 1. The van der Waals surface area contributed by atoms with Crippen molar-refractivity contribution in [3.05, 3.63) is 33.4 Å². The molecule has 3 nitrogen and oxygen atoms in total. The topological polar surface area (TPSA) is 49.3 Å². The molecular formula is C12H16INO2. The summed E-state index contributed by atoms with van der Waals surface area (Å²) in [6.45, 7) is 2.32. The molecule has 1 unspecified atom stereocenters. The van der Waals surface area contributed by atoms with E-state index in [0.29, 0.717) is 18.5 Å². The molecule has 1 atom stereocenters. The Morgan fingerprint density at radius 2 is 2.06 bits per heavy atom. The number of amides is 1. The number of carbonyl (C=O) groups is 1. The Hall–Kier alpha value is -0.620. The number of nitrogens with one attached hydrogen (secondary N) is 1. The summed E-state index contributed by atoms with van der Waals surface area (Å²) in [6.07, 6.45) is 1.19. The lowest BCUT2D eigenvalue weighted by Gasteiger charge is -2.10. The summed E-state index contributed by atoms with van der Waals surface area (Å²) in [5.41, 5.74) is 0.629. The Bertz CT molecular complexity index is 337. The van der Waals surface area contributed by atoms with Gasteiger partial charge in [0.05, 0.1) is 6.10 Å². The van der Waals surface area contributed by atoms with E-state index in [1.54, 1.807) is 12.1 Å². The molecule has 0 aliphatic carbocycles. The maximum absolute atomic E-state index is 11.6. The Morgan fingerprint density at radius 3 is 2.62 bits per heavy atom. The van der Waals surface area contributed by atoms with Crippen LogP contribution in [0.5, 0.6) is 0 Å². The fourth-order valence-electron chi connectivity index (χ4n) is 1.35.